The van der Waals surface area contributed by atoms with Crippen LogP contribution in [0.25, 0.3) is 33.5 Å². The minimum absolute atomic E-state index is 0.103. The molecule has 5 fully saturated rings. The summed E-state index contributed by atoms with van der Waals surface area (Å²) in [6.45, 7) is 27.1. The van der Waals surface area contributed by atoms with Gasteiger partial charge in [-0.1, -0.05) is 52.5 Å². The molecule has 28 nitrogen and oxygen atoms in total. The van der Waals surface area contributed by atoms with Crippen LogP contribution in [0, 0.1) is 27.7 Å². The van der Waals surface area contributed by atoms with Crippen LogP contribution in [-0.2, 0) is 34.4 Å². The van der Waals surface area contributed by atoms with Crippen molar-refractivity contribution in [1.29, 1.82) is 0 Å². The topological polar surface area (TPSA) is 289 Å². The van der Waals surface area contributed by atoms with Crippen LogP contribution in [0.5, 0.6) is 23.5 Å². The molecule has 110 heavy (non-hydrogen) atoms. The Morgan fingerprint density at radius 2 is 0.845 bits per heavy atom. The van der Waals surface area contributed by atoms with E-state index >= 15 is 0 Å². The number of amides is 1. The summed E-state index contributed by atoms with van der Waals surface area (Å²) in [5.41, 5.74) is 10.4. The minimum Gasteiger partial charge on any atom is -0.480 e. The molecular weight excluding hydrogens is 1510 g/mol. The fourth-order valence-corrected chi connectivity index (χ4v) is 12.2. The Kier molecular flexibility index (Phi) is 28.9. The molecule has 0 bridgehead atoms. The Morgan fingerprint density at radius 3 is 1.27 bits per heavy atom. The van der Waals surface area contributed by atoms with E-state index in [2.05, 4.69) is 97.8 Å². The van der Waals surface area contributed by atoms with Crippen LogP contribution in [-0.4, -0.2) is 219 Å². The fourth-order valence-electron chi connectivity index (χ4n) is 11.6. The number of aryl methyl sites for hydroxylation is 4. The van der Waals surface area contributed by atoms with E-state index in [4.69, 9.17) is 93.6 Å². The first-order valence-electron chi connectivity index (χ1n) is 35.0. The van der Waals surface area contributed by atoms with E-state index in [-0.39, 0.29) is 22.6 Å². The molecule has 0 saturated carbocycles. The van der Waals surface area contributed by atoms with E-state index in [1.54, 1.807) is 91.3 Å². The number of nitrogens with one attached hydrogen (secondary N) is 1. The van der Waals surface area contributed by atoms with Gasteiger partial charge in [0.1, 0.15) is 17.1 Å². The third-order valence-corrected chi connectivity index (χ3v) is 19.5. The van der Waals surface area contributed by atoms with Gasteiger partial charge in [0, 0.05) is 116 Å². The maximum Gasteiger partial charge on any atom is 0.496 e. The molecule has 0 radical (unpaired) electrons. The number of nitrogens with zero attached hydrogens (tertiary/aromatic N) is 16. The molecular formula is C74H85BCl4F3N17O11. The minimum atomic E-state index is -4.55. The van der Waals surface area contributed by atoms with Crippen LogP contribution < -0.4 is 49.3 Å². The summed E-state index contributed by atoms with van der Waals surface area (Å²) in [5, 5.41) is 35.8. The number of hydrogen-bond acceptors (Lipinski definition) is 27. The summed E-state index contributed by atoms with van der Waals surface area (Å²) < 4.78 is 94.5. The van der Waals surface area contributed by atoms with E-state index in [0.29, 0.717) is 138 Å². The van der Waals surface area contributed by atoms with Crippen LogP contribution in [0.2, 0.25) is 20.4 Å². The van der Waals surface area contributed by atoms with Gasteiger partial charge in [-0.05, 0) is 122 Å². The van der Waals surface area contributed by atoms with Gasteiger partial charge in [0.2, 0.25) is 23.5 Å². The average molecular weight is 1600 g/mol. The second kappa shape index (κ2) is 38.1. The summed E-state index contributed by atoms with van der Waals surface area (Å²) in [7, 11) is 6.02. The third-order valence-electron chi connectivity index (χ3n) is 18.4. The van der Waals surface area contributed by atoms with Crippen molar-refractivity contribution < 1.29 is 65.2 Å². The molecule has 0 unspecified atom stereocenters. The van der Waals surface area contributed by atoms with Gasteiger partial charge in [-0.15, -0.1) is 15.3 Å². The molecule has 1 aromatic carbocycles. The number of ether oxygens (including phenoxy) is 8. The first kappa shape index (κ1) is 83.3. The number of methoxy groups -OCH3 is 4. The summed E-state index contributed by atoms with van der Waals surface area (Å²) in [6.07, 6.45) is 2.34. The molecule has 0 spiro atoms. The predicted octanol–water partition coefficient (Wildman–Crippen LogP) is 12.0. The van der Waals surface area contributed by atoms with Crippen molar-refractivity contribution in [2.45, 2.75) is 72.8 Å². The quantitative estimate of drug-likeness (QED) is 0.0989. The van der Waals surface area contributed by atoms with Crippen molar-refractivity contribution >= 4 is 93.5 Å². The van der Waals surface area contributed by atoms with E-state index in [1.165, 1.54) is 12.1 Å². The lowest BCUT2D eigenvalue weighted by molar-refractivity contribution is -0.137. The first-order valence-corrected chi connectivity index (χ1v) is 36.5. The second-order valence-corrected chi connectivity index (χ2v) is 27.8. The van der Waals surface area contributed by atoms with Gasteiger partial charge in [0.25, 0.3) is 5.91 Å². The summed E-state index contributed by atoms with van der Waals surface area (Å²) in [6, 6.07) is 19.0. The largest absolute Gasteiger partial charge is 0.496 e. The second-order valence-electron chi connectivity index (χ2n) is 26.2. The van der Waals surface area contributed by atoms with E-state index in [1.807, 2.05) is 53.7 Å². The Labute approximate surface area is 656 Å². The molecule has 0 atom stereocenters. The Hall–Kier alpha value is -9.22. The number of carbonyl (C=O) groups excluding carboxylic acids is 1. The SMILES string of the molecule is COc1ncc(-c2cc(Cl)c(C)nn2)cc1N1CCOCC1.COc1ncc(-c2cc(Cl)nnc2C)cc1N1CCOCC1.COc1ncc(-c2cc(NC(=O)c3cccc(C(F)(F)F)c3)nnc2C)cc1N1CCOCC1.COc1ncc(B2OC(C)(C)C(C)(C)O2)cc1N1CCOCC1.Cc1nnc(Cl)cc1Cl. The van der Waals surface area contributed by atoms with Crippen molar-refractivity contribution in [2.75, 3.05) is 159 Å². The van der Waals surface area contributed by atoms with Crippen LogP contribution >= 0.6 is 46.4 Å². The number of hydrogen-bond donors (Lipinski definition) is 1. The number of rotatable bonds is 14. The number of carbonyl (C=O) groups is 1. The van der Waals surface area contributed by atoms with E-state index in [9.17, 15) is 18.0 Å². The number of pyridine rings is 4. The van der Waals surface area contributed by atoms with Crippen LogP contribution in [0.1, 0.15) is 66.4 Å². The zero-order valence-corrected chi connectivity index (χ0v) is 65.9. The number of aromatic nitrogens is 12. The normalized spacial score (nSPS) is 16.0. The first-order chi connectivity index (χ1) is 52.7. The highest BCUT2D eigenvalue weighted by atomic mass is 35.5. The average Bonchev–Trinajstić information content (AvgIpc) is 1.60. The number of anilines is 5. The third kappa shape index (κ3) is 21.5. The molecule has 0 aliphatic carbocycles. The molecule has 1 amide bonds. The van der Waals surface area contributed by atoms with Gasteiger partial charge < -0.3 is 72.1 Å². The molecule has 8 aromatic heterocycles. The molecule has 5 saturated heterocycles. The van der Waals surface area contributed by atoms with Gasteiger partial charge in [-0.2, -0.15) is 38.7 Å². The highest BCUT2D eigenvalue weighted by molar-refractivity contribution is 6.62. The van der Waals surface area contributed by atoms with Gasteiger partial charge in [0.05, 0.1) is 142 Å². The van der Waals surface area contributed by atoms with E-state index in [0.717, 1.165) is 108 Å². The maximum absolute atomic E-state index is 13.0. The lowest BCUT2D eigenvalue weighted by atomic mass is 9.80. The van der Waals surface area contributed by atoms with Crippen molar-refractivity contribution in [2.24, 2.45) is 0 Å². The fraction of sp³-hybridized carbons (Fsp3) is 0.419. The highest BCUT2D eigenvalue weighted by Crippen LogP contribution is 2.40. The number of benzene rings is 1. The summed E-state index contributed by atoms with van der Waals surface area (Å²) in [4.78, 5) is 39.0. The van der Waals surface area contributed by atoms with Gasteiger partial charge >= 0.3 is 13.3 Å². The van der Waals surface area contributed by atoms with E-state index < -0.39 is 24.8 Å². The molecule has 584 valence electrons. The molecule has 1 N–H and O–H groups in total. The lowest BCUT2D eigenvalue weighted by Crippen LogP contribution is -2.41. The molecule has 9 aromatic rings. The van der Waals surface area contributed by atoms with Crippen molar-refractivity contribution in [1.82, 2.24) is 60.7 Å². The van der Waals surface area contributed by atoms with Gasteiger partial charge in [0.15, 0.2) is 16.1 Å². The zero-order valence-electron chi connectivity index (χ0n) is 62.9. The summed E-state index contributed by atoms with van der Waals surface area (Å²) in [5.74, 6) is 1.67. The Morgan fingerprint density at radius 1 is 0.464 bits per heavy atom. The van der Waals surface area contributed by atoms with Gasteiger partial charge in [-0.25, -0.2) is 19.9 Å². The van der Waals surface area contributed by atoms with Crippen LogP contribution in [0.15, 0.2) is 97.6 Å². The Bertz CT molecular complexity index is 4610. The molecule has 13 heterocycles. The lowest BCUT2D eigenvalue weighted by Gasteiger charge is -2.32. The highest BCUT2D eigenvalue weighted by Gasteiger charge is 2.52. The smallest absolute Gasteiger partial charge is 0.480 e. The Balaban J connectivity index is 0.000000152. The summed E-state index contributed by atoms with van der Waals surface area (Å²) >= 11 is 23.2. The number of halogens is 7. The maximum atomic E-state index is 13.0. The van der Waals surface area contributed by atoms with Crippen molar-refractivity contribution in [3.05, 3.63) is 152 Å². The monoisotopic (exact) mass is 1600 g/mol. The molecule has 14 rings (SSSR count). The van der Waals surface area contributed by atoms with Crippen LogP contribution in [0.3, 0.4) is 0 Å². The van der Waals surface area contributed by atoms with Crippen molar-refractivity contribution in [3.63, 3.8) is 0 Å². The number of morpholine rings is 4. The standard InChI is InChI=1S/C23H22F3N5O3.C16H25BN2O4.2C15H17ClN4O2.C5H4Cl2N2/c1-14-18(16-11-19(22(33-2)27-13-16)31-6-8-34-9-7-31)12-20(30-29-14)28-21(32)15-4-3-5-17(10-15)23(24,25)26;1-15(2)16(3,4)23-17(22-15)12-10-13(14(20-5)18-11-12)19-6-8-21-9-7-19;1-10-12(16)8-13(19-18-10)11-7-14(15(21-2)17-9-11)20-3-5-22-6-4-20;1-10-12(8-14(16)19-18-10)11-7-13(15(21-2)17-9-11)20-3-5-22-6-4-20;1-3-4(6)2-5(7)9-8-3/h3-5,10-13H,6-9H2,1-2H3,(H,28,30,32);10-11H,6-9H2,1-5H3;2*7-9H,3-6H2,1-2H3;2H,1H3. The molecule has 36 heteroatoms. The zero-order chi connectivity index (χ0) is 78.9. The van der Waals surface area contributed by atoms with Crippen LogP contribution in [0.4, 0.5) is 41.7 Å². The number of alkyl halides is 3. The molecule has 5 aliphatic rings. The molecule has 5 aliphatic heterocycles. The van der Waals surface area contributed by atoms with Crippen molar-refractivity contribution in [3.8, 4) is 57.0 Å². The predicted molar refractivity (Wildman–Crippen MR) is 414 cm³/mol. The van der Waals surface area contributed by atoms with Gasteiger partial charge in [-0.3, -0.25) is 4.79 Å².